The zero-order valence-electron chi connectivity index (χ0n) is 11.6. The molecular formula is C14H20N4O. The number of benzene rings is 1. The zero-order valence-corrected chi connectivity index (χ0v) is 11.6. The smallest absolute Gasteiger partial charge is 0.118 e. The molecule has 5 heteroatoms. The van der Waals surface area contributed by atoms with Crippen LogP contribution in [0.1, 0.15) is 29.9 Å². The van der Waals surface area contributed by atoms with Crippen LogP contribution in [-0.4, -0.2) is 16.9 Å². The summed E-state index contributed by atoms with van der Waals surface area (Å²) in [6.45, 7) is 4.87. The fraction of sp³-hybridized carbons (Fsp3) is 0.357. The Bertz CT molecular complexity index is 533. The molecule has 0 spiro atoms. The van der Waals surface area contributed by atoms with Crippen LogP contribution in [0.5, 0.6) is 5.75 Å². The minimum Gasteiger partial charge on any atom is -0.497 e. The largest absolute Gasteiger partial charge is 0.497 e. The van der Waals surface area contributed by atoms with Gasteiger partial charge in [0.25, 0.3) is 0 Å². The molecule has 0 amide bonds. The van der Waals surface area contributed by atoms with E-state index in [4.69, 9.17) is 10.6 Å². The Kier molecular flexibility index (Phi) is 4.19. The second-order valence-electron chi connectivity index (χ2n) is 4.40. The van der Waals surface area contributed by atoms with Crippen LogP contribution < -0.4 is 16.0 Å². The van der Waals surface area contributed by atoms with E-state index in [1.165, 1.54) is 0 Å². The van der Waals surface area contributed by atoms with Gasteiger partial charge in [0.1, 0.15) is 5.75 Å². The number of aromatic nitrogens is 2. The van der Waals surface area contributed by atoms with E-state index in [9.17, 15) is 0 Å². The van der Waals surface area contributed by atoms with Crippen molar-refractivity contribution in [2.45, 2.75) is 26.4 Å². The van der Waals surface area contributed by atoms with Crippen LogP contribution >= 0.6 is 0 Å². The average Bonchev–Trinajstić information content (AvgIpc) is 2.81. The summed E-state index contributed by atoms with van der Waals surface area (Å²) in [5.41, 5.74) is 5.99. The van der Waals surface area contributed by atoms with Gasteiger partial charge >= 0.3 is 0 Å². The molecule has 0 saturated heterocycles. The Balaban J connectivity index is 2.37. The Morgan fingerprint density at radius 1 is 1.37 bits per heavy atom. The first-order valence-corrected chi connectivity index (χ1v) is 6.34. The monoisotopic (exact) mass is 260 g/mol. The maximum absolute atomic E-state index is 5.72. The standard InChI is InChI=1S/C14H20N4O/c1-4-18-13(9-10(2)17-18)14(16-15)11-5-7-12(19-3)8-6-11/h5-9,14,16H,4,15H2,1-3H3. The maximum atomic E-state index is 5.72. The summed E-state index contributed by atoms with van der Waals surface area (Å²) in [5, 5.41) is 4.45. The van der Waals surface area contributed by atoms with Crippen molar-refractivity contribution in [1.29, 1.82) is 0 Å². The van der Waals surface area contributed by atoms with Gasteiger partial charge in [-0.05, 0) is 37.6 Å². The van der Waals surface area contributed by atoms with Crippen LogP contribution in [0.3, 0.4) is 0 Å². The summed E-state index contributed by atoms with van der Waals surface area (Å²) >= 11 is 0. The third kappa shape index (κ3) is 2.77. The molecule has 2 aromatic rings. The van der Waals surface area contributed by atoms with E-state index in [-0.39, 0.29) is 6.04 Å². The van der Waals surface area contributed by atoms with Crippen LogP contribution in [-0.2, 0) is 6.54 Å². The lowest BCUT2D eigenvalue weighted by Crippen LogP contribution is -2.30. The number of nitrogens with zero attached hydrogens (tertiary/aromatic N) is 2. The highest BCUT2D eigenvalue weighted by Crippen LogP contribution is 2.24. The molecule has 0 aliphatic heterocycles. The van der Waals surface area contributed by atoms with Crippen molar-refractivity contribution in [3.8, 4) is 5.75 Å². The number of rotatable bonds is 5. The summed E-state index contributed by atoms with van der Waals surface area (Å²) in [6, 6.07) is 9.85. The van der Waals surface area contributed by atoms with E-state index >= 15 is 0 Å². The van der Waals surface area contributed by atoms with E-state index in [2.05, 4.69) is 23.5 Å². The van der Waals surface area contributed by atoms with Gasteiger partial charge in [-0.15, -0.1) is 0 Å². The number of methoxy groups -OCH3 is 1. The SMILES string of the molecule is CCn1nc(C)cc1C(NN)c1ccc(OC)cc1. The van der Waals surface area contributed by atoms with E-state index in [1.54, 1.807) is 7.11 Å². The second-order valence-corrected chi connectivity index (χ2v) is 4.40. The van der Waals surface area contributed by atoms with Gasteiger partial charge < -0.3 is 4.74 Å². The highest BCUT2D eigenvalue weighted by atomic mass is 16.5. The first-order chi connectivity index (χ1) is 9.19. The molecule has 0 saturated carbocycles. The molecule has 1 aromatic heterocycles. The van der Waals surface area contributed by atoms with Gasteiger partial charge in [0.15, 0.2) is 0 Å². The van der Waals surface area contributed by atoms with Crippen molar-refractivity contribution in [2.75, 3.05) is 7.11 Å². The summed E-state index contributed by atoms with van der Waals surface area (Å²) in [5.74, 6) is 6.55. The van der Waals surface area contributed by atoms with E-state index < -0.39 is 0 Å². The highest BCUT2D eigenvalue weighted by Gasteiger charge is 2.17. The molecule has 1 aromatic carbocycles. The molecular weight excluding hydrogens is 240 g/mol. The van der Waals surface area contributed by atoms with Gasteiger partial charge in [0, 0.05) is 6.54 Å². The predicted molar refractivity (Wildman–Crippen MR) is 74.8 cm³/mol. The van der Waals surface area contributed by atoms with E-state index in [1.807, 2.05) is 35.9 Å². The Hall–Kier alpha value is -1.85. The summed E-state index contributed by atoms with van der Waals surface area (Å²) in [7, 11) is 1.66. The van der Waals surface area contributed by atoms with E-state index in [0.717, 1.165) is 29.2 Å². The second kappa shape index (κ2) is 5.86. The van der Waals surface area contributed by atoms with Crippen molar-refractivity contribution in [3.05, 3.63) is 47.3 Å². The molecule has 2 rings (SSSR count). The fourth-order valence-corrected chi connectivity index (χ4v) is 2.20. The topological polar surface area (TPSA) is 65.1 Å². The molecule has 102 valence electrons. The number of hydrogen-bond acceptors (Lipinski definition) is 4. The number of nitrogens with two attached hydrogens (primary N) is 1. The molecule has 1 heterocycles. The third-order valence-corrected chi connectivity index (χ3v) is 3.14. The zero-order chi connectivity index (χ0) is 13.8. The van der Waals surface area contributed by atoms with Gasteiger partial charge in [-0.1, -0.05) is 12.1 Å². The van der Waals surface area contributed by atoms with Gasteiger partial charge in [-0.2, -0.15) is 5.10 Å². The Morgan fingerprint density at radius 3 is 2.58 bits per heavy atom. The molecule has 1 unspecified atom stereocenters. The van der Waals surface area contributed by atoms with E-state index in [0.29, 0.717) is 0 Å². The lowest BCUT2D eigenvalue weighted by molar-refractivity contribution is 0.414. The van der Waals surface area contributed by atoms with Crippen molar-refractivity contribution in [2.24, 2.45) is 5.84 Å². The van der Waals surface area contributed by atoms with Gasteiger partial charge in [0.2, 0.25) is 0 Å². The number of nitrogens with one attached hydrogen (secondary N) is 1. The summed E-state index contributed by atoms with van der Waals surface area (Å²) in [6.07, 6.45) is 0. The molecule has 1 atom stereocenters. The quantitative estimate of drug-likeness (QED) is 0.635. The number of hydrogen-bond donors (Lipinski definition) is 2. The number of hydrazine groups is 1. The van der Waals surface area contributed by atoms with Crippen molar-refractivity contribution < 1.29 is 4.74 Å². The lowest BCUT2D eigenvalue weighted by atomic mass is 10.0. The Morgan fingerprint density at radius 2 is 2.05 bits per heavy atom. The van der Waals surface area contributed by atoms with Crippen molar-refractivity contribution in [1.82, 2.24) is 15.2 Å². The number of aryl methyl sites for hydroxylation is 2. The summed E-state index contributed by atoms with van der Waals surface area (Å²) in [4.78, 5) is 0. The fourth-order valence-electron chi connectivity index (χ4n) is 2.20. The maximum Gasteiger partial charge on any atom is 0.118 e. The Labute approximate surface area is 113 Å². The molecule has 0 bridgehead atoms. The summed E-state index contributed by atoms with van der Waals surface area (Å²) < 4.78 is 7.13. The van der Waals surface area contributed by atoms with Crippen LogP contribution in [0.4, 0.5) is 0 Å². The normalized spacial score (nSPS) is 12.4. The van der Waals surface area contributed by atoms with Crippen LogP contribution in [0.25, 0.3) is 0 Å². The average molecular weight is 260 g/mol. The first-order valence-electron chi connectivity index (χ1n) is 6.34. The van der Waals surface area contributed by atoms with Crippen molar-refractivity contribution >= 4 is 0 Å². The molecule has 0 aliphatic rings. The van der Waals surface area contributed by atoms with Crippen LogP contribution in [0, 0.1) is 6.92 Å². The highest BCUT2D eigenvalue weighted by molar-refractivity contribution is 5.33. The van der Waals surface area contributed by atoms with Crippen LogP contribution in [0.15, 0.2) is 30.3 Å². The van der Waals surface area contributed by atoms with Crippen LogP contribution in [0.2, 0.25) is 0 Å². The van der Waals surface area contributed by atoms with Crippen molar-refractivity contribution in [3.63, 3.8) is 0 Å². The molecule has 0 aliphatic carbocycles. The lowest BCUT2D eigenvalue weighted by Gasteiger charge is -2.17. The molecule has 0 radical (unpaired) electrons. The predicted octanol–water partition coefficient (Wildman–Crippen LogP) is 1.77. The molecule has 0 fully saturated rings. The third-order valence-electron chi connectivity index (χ3n) is 3.14. The van der Waals surface area contributed by atoms with Gasteiger partial charge in [-0.25, -0.2) is 5.43 Å². The first kappa shape index (κ1) is 13.6. The minimum absolute atomic E-state index is 0.0768. The van der Waals surface area contributed by atoms with Gasteiger partial charge in [-0.3, -0.25) is 10.5 Å². The molecule has 19 heavy (non-hydrogen) atoms. The molecule has 3 N–H and O–H groups in total. The molecule has 5 nitrogen and oxygen atoms in total. The van der Waals surface area contributed by atoms with Gasteiger partial charge in [0.05, 0.1) is 24.5 Å². The minimum atomic E-state index is -0.0768. The number of ether oxygens (including phenoxy) is 1.